The summed E-state index contributed by atoms with van der Waals surface area (Å²) in [5.74, 6) is 1.14. The Kier molecular flexibility index (Phi) is 5.91. The van der Waals surface area contributed by atoms with Crippen LogP contribution in [0.25, 0.3) is 0 Å². The fourth-order valence-electron chi connectivity index (χ4n) is 6.34. The first-order valence-electron chi connectivity index (χ1n) is 12.4. The van der Waals surface area contributed by atoms with Crippen LogP contribution in [-0.4, -0.2) is 67.6 Å². The largest absolute Gasteiger partial charge is 0.497 e. The van der Waals surface area contributed by atoms with E-state index in [0.29, 0.717) is 19.8 Å². The Morgan fingerprint density at radius 2 is 1.59 bits per heavy atom. The number of benzene rings is 1. The van der Waals surface area contributed by atoms with Crippen LogP contribution in [0, 0.1) is 5.41 Å². The molecular weight excluding hydrogens is 404 g/mol. The second-order valence-corrected chi connectivity index (χ2v) is 10.2. The van der Waals surface area contributed by atoms with Crippen LogP contribution in [0.1, 0.15) is 63.4 Å². The molecule has 1 atom stereocenters. The lowest BCUT2D eigenvalue weighted by molar-refractivity contribution is -0.163. The minimum atomic E-state index is -0.476. The van der Waals surface area contributed by atoms with Crippen molar-refractivity contribution in [2.24, 2.45) is 5.41 Å². The summed E-state index contributed by atoms with van der Waals surface area (Å²) in [7, 11) is 1.66. The van der Waals surface area contributed by atoms with E-state index in [1.807, 2.05) is 34.1 Å². The first kappa shape index (κ1) is 21.7. The van der Waals surface area contributed by atoms with Crippen molar-refractivity contribution in [1.82, 2.24) is 9.80 Å². The van der Waals surface area contributed by atoms with Crippen LogP contribution in [-0.2, 0) is 19.7 Å². The number of likely N-dealkylation sites (tertiary alicyclic amines) is 2. The number of methoxy groups -OCH3 is 1. The quantitative estimate of drug-likeness (QED) is 0.719. The molecule has 5 rings (SSSR count). The third kappa shape index (κ3) is 3.70. The van der Waals surface area contributed by atoms with E-state index in [9.17, 15) is 9.59 Å². The van der Waals surface area contributed by atoms with Crippen molar-refractivity contribution in [2.75, 3.05) is 40.0 Å². The predicted molar refractivity (Wildman–Crippen MR) is 122 cm³/mol. The minimum absolute atomic E-state index is 0.142. The van der Waals surface area contributed by atoms with Crippen molar-refractivity contribution >= 4 is 11.8 Å². The van der Waals surface area contributed by atoms with Gasteiger partial charge in [-0.3, -0.25) is 9.59 Å². The highest BCUT2D eigenvalue weighted by atomic mass is 16.5. The molecule has 32 heavy (non-hydrogen) atoms. The van der Waals surface area contributed by atoms with Gasteiger partial charge in [-0.2, -0.15) is 0 Å². The van der Waals surface area contributed by atoms with E-state index < -0.39 is 5.41 Å². The number of nitrogens with zero attached hydrogens (tertiary/aromatic N) is 2. The van der Waals surface area contributed by atoms with Gasteiger partial charge in [-0.25, -0.2) is 0 Å². The van der Waals surface area contributed by atoms with E-state index in [4.69, 9.17) is 9.47 Å². The molecule has 4 fully saturated rings. The van der Waals surface area contributed by atoms with E-state index in [0.717, 1.165) is 75.8 Å². The van der Waals surface area contributed by atoms with E-state index >= 15 is 0 Å². The Morgan fingerprint density at radius 1 is 0.906 bits per heavy atom. The molecule has 1 aromatic carbocycles. The van der Waals surface area contributed by atoms with Gasteiger partial charge in [0.1, 0.15) is 11.8 Å². The Labute approximate surface area is 191 Å². The molecule has 2 amide bonds. The molecule has 1 aliphatic carbocycles. The lowest BCUT2D eigenvalue weighted by Gasteiger charge is -2.52. The molecule has 0 N–H and O–H groups in total. The summed E-state index contributed by atoms with van der Waals surface area (Å²) in [4.78, 5) is 32.2. The van der Waals surface area contributed by atoms with Crippen LogP contribution >= 0.6 is 0 Å². The molecule has 1 spiro atoms. The molecule has 4 aliphatic rings. The van der Waals surface area contributed by atoms with Gasteiger partial charge in [0.25, 0.3) is 0 Å². The van der Waals surface area contributed by atoms with Crippen LogP contribution in [0.2, 0.25) is 0 Å². The second kappa shape index (κ2) is 8.69. The summed E-state index contributed by atoms with van der Waals surface area (Å²) in [5.41, 5.74) is 0.437. The second-order valence-electron chi connectivity index (χ2n) is 10.2. The average Bonchev–Trinajstić information content (AvgIpc) is 3.66. The molecular formula is C26H36N2O4. The number of hydrogen-bond acceptors (Lipinski definition) is 4. The van der Waals surface area contributed by atoms with Crippen LogP contribution in [0.5, 0.6) is 5.75 Å². The zero-order chi connectivity index (χ0) is 22.2. The molecule has 6 heteroatoms. The van der Waals surface area contributed by atoms with Crippen LogP contribution < -0.4 is 4.74 Å². The molecule has 0 bridgehead atoms. The summed E-state index contributed by atoms with van der Waals surface area (Å²) in [6.45, 7) is 3.72. The Balaban J connectivity index is 1.47. The van der Waals surface area contributed by atoms with Gasteiger partial charge in [0.15, 0.2) is 0 Å². The summed E-state index contributed by atoms with van der Waals surface area (Å²) >= 11 is 0. The van der Waals surface area contributed by atoms with E-state index in [2.05, 4.69) is 0 Å². The van der Waals surface area contributed by atoms with Gasteiger partial charge >= 0.3 is 0 Å². The molecule has 3 saturated heterocycles. The predicted octanol–water partition coefficient (Wildman–Crippen LogP) is 3.53. The van der Waals surface area contributed by atoms with Crippen molar-refractivity contribution in [3.63, 3.8) is 0 Å². The molecule has 174 valence electrons. The molecule has 0 radical (unpaired) electrons. The Morgan fingerprint density at radius 3 is 2.22 bits per heavy atom. The topological polar surface area (TPSA) is 59.1 Å². The van der Waals surface area contributed by atoms with Gasteiger partial charge in [0, 0.05) is 38.3 Å². The molecule has 6 nitrogen and oxygen atoms in total. The van der Waals surface area contributed by atoms with E-state index in [1.54, 1.807) is 7.11 Å². The fourth-order valence-corrected chi connectivity index (χ4v) is 6.34. The lowest BCUT2D eigenvalue weighted by atomic mass is 9.67. The maximum Gasteiger partial charge on any atom is 0.245 e. The zero-order valence-electron chi connectivity index (χ0n) is 19.3. The Bertz CT molecular complexity index is 830. The van der Waals surface area contributed by atoms with Gasteiger partial charge < -0.3 is 19.3 Å². The zero-order valence-corrected chi connectivity index (χ0v) is 19.3. The summed E-state index contributed by atoms with van der Waals surface area (Å²) < 4.78 is 11.0. The standard InChI is InChI=1S/C26H36N2O4/c1-31-21-8-6-20(7-9-21)26(11-12-26)24(30)28-17-5-10-25(13-18-32-19-14-25)22(28)23(29)27-15-3-2-4-16-27/h6-9,22H,2-5,10-19H2,1H3. The SMILES string of the molecule is COc1ccc(C2(C(=O)N3CCCC4(CCOCC4)C3C(=O)N3CCCCC3)CC2)cc1. The van der Waals surface area contributed by atoms with Crippen molar-refractivity contribution in [2.45, 2.75) is 69.2 Å². The normalized spacial score (nSPS) is 26.6. The molecule has 3 aliphatic heterocycles. The first-order chi connectivity index (χ1) is 15.6. The number of amides is 2. The molecule has 1 saturated carbocycles. The smallest absolute Gasteiger partial charge is 0.245 e. The van der Waals surface area contributed by atoms with Gasteiger partial charge in [0.05, 0.1) is 12.5 Å². The van der Waals surface area contributed by atoms with Gasteiger partial charge in [-0.15, -0.1) is 0 Å². The average molecular weight is 441 g/mol. The fraction of sp³-hybridized carbons (Fsp3) is 0.692. The number of ether oxygens (including phenoxy) is 2. The third-order valence-corrected chi connectivity index (χ3v) is 8.42. The summed E-state index contributed by atoms with van der Waals surface area (Å²) in [6.07, 6.45) is 8.76. The van der Waals surface area contributed by atoms with Crippen molar-refractivity contribution in [1.29, 1.82) is 0 Å². The molecule has 3 heterocycles. The summed E-state index contributed by atoms with van der Waals surface area (Å²) in [5, 5.41) is 0. The van der Waals surface area contributed by atoms with E-state index in [-0.39, 0.29) is 23.3 Å². The highest BCUT2D eigenvalue weighted by molar-refractivity contribution is 5.96. The van der Waals surface area contributed by atoms with Gasteiger partial charge in [0.2, 0.25) is 11.8 Å². The lowest BCUT2D eigenvalue weighted by Crippen LogP contribution is -2.64. The number of carbonyl (C=O) groups excluding carboxylic acids is 2. The molecule has 0 aromatic heterocycles. The number of hydrogen-bond donors (Lipinski definition) is 0. The van der Waals surface area contributed by atoms with Crippen LogP contribution in [0.4, 0.5) is 0 Å². The highest BCUT2D eigenvalue weighted by Gasteiger charge is 2.58. The highest BCUT2D eigenvalue weighted by Crippen LogP contribution is 2.53. The van der Waals surface area contributed by atoms with Crippen molar-refractivity contribution < 1.29 is 19.1 Å². The number of rotatable bonds is 4. The minimum Gasteiger partial charge on any atom is -0.497 e. The third-order valence-electron chi connectivity index (χ3n) is 8.42. The Hall–Kier alpha value is -2.08. The molecule has 1 unspecified atom stereocenters. The van der Waals surface area contributed by atoms with Gasteiger partial charge in [-0.05, 0) is 75.5 Å². The van der Waals surface area contributed by atoms with Crippen LogP contribution in [0.3, 0.4) is 0 Å². The van der Waals surface area contributed by atoms with Crippen molar-refractivity contribution in [3.05, 3.63) is 29.8 Å². The number of carbonyl (C=O) groups is 2. The first-order valence-corrected chi connectivity index (χ1v) is 12.4. The maximum atomic E-state index is 14.2. The van der Waals surface area contributed by atoms with Gasteiger partial charge in [-0.1, -0.05) is 12.1 Å². The number of piperidine rings is 2. The van der Waals surface area contributed by atoms with Crippen molar-refractivity contribution in [3.8, 4) is 5.75 Å². The summed E-state index contributed by atoms with van der Waals surface area (Å²) in [6, 6.07) is 7.59. The molecule has 1 aromatic rings. The maximum absolute atomic E-state index is 14.2. The van der Waals surface area contributed by atoms with E-state index in [1.165, 1.54) is 6.42 Å². The van der Waals surface area contributed by atoms with Crippen LogP contribution in [0.15, 0.2) is 24.3 Å². The monoisotopic (exact) mass is 440 g/mol.